The van der Waals surface area contributed by atoms with E-state index in [2.05, 4.69) is 4.98 Å². The lowest BCUT2D eigenvalue weighted by atomic mass is 9.96. The van der Waals surface area contributed by atoms with Crippen molar-refractivity contribution in [2.45, 2.75) is 0 Å². The number of hydrogen-bond donors (Lipinski definition) is 1. The fourth-order valence-electron chi connectivity index (χ4n) is 0.631. The topological polar surface area (TPSA) is 48.1 Å². The van der Waals surface area contributed by atoms with Crippen molar-refractivity contribution >= 4 is 19.0 Å². The molecule has 1 rings (SSSR count). The Bertz CT molecular complexity index is 239. The normalized spacial score (nSPS) is 9.30. The van der Waals surface area contributed by atoms with Gasteiger partial charge in [-0.25, -0.2) is 4.98 Å². The molecule has 3 nitrogen and oxygen atoms in total. The van der Waals surface area contributed by atoms with Crippen LogP contribution >= 0.6 is 0 Å². The average Bonchev–Trinajstić information content (AvgIpc) is 1.95. The van der Waals surface area contributed by atoms with Crippen molar-refractivity contribution in [3.63, 3.8) is 0 Å². The third-order valence-electron chi connectivity index (χ3n) is 1.18. The van der Waals surface area contributed by atoms with Gasteiger partial charge in [-0.15, -0.1) is 0 Å². The van der Waals surface area contributed by atoms with Crippen molar-refractivity contribution < 1.29 is 4.74 Å². The van der Waals surface area contributed by atoms with Crippen LogP contribution in [-0.4, -0.2) is 19.9 Å². The van der Waals surface area contributed by atoms with Gasteiger partial charge in [0.05, 0.1) is 7.11 Å². The predicted octanol–water partition coefficient (Wildman–Crippen LogP) is -0.534. The molecule has 0 fully saturated rings. The Labute approximate surface area is 60.6 Å². The van der Waals surface area contributed by atoms with E-state index in [-0.39, 0.29) is 0 Å². The zero-order valence-corrected chi connectivity index (χ0v) is 5.66. The fourth-order valence-corrected chi connectivity index (χ4v) is 0.631. The lowest BCUT2D eigenvalue weighted by Crippen LogP contribution is -2.13. The maximum absolute atomic E-state index is 5.48. The highest BCUT2D eigenvalue weighted by Crippen LogP contribution is 2.03. The van der Waals surface area contributed by atoms with Crippen LogP contribution in [-0.2, 0) is 0 Å². The third-order valence-corrected chi connectivity index (χ3v) is 1.18. The number of aromatic nitrogens is 1. The number of nitrogen functional groups attached to an aromatic ring is 1. The van der Waals surface area contributed by atoms with E-state index in [4.69, 9.17) is 18.3 Å². The van der Waals surface area contributed by atoms with Gasteiger partial charge in [-0.2, -0.15) is 0 Å². The van der Waals surface area contributed by atoms with E-state index in [9.17, 15) is 0 Å². The van der Waals surface area contributed by atoms with Gasteiger partial charge in [-0.1, -0.05) is 0 Å². The molecule has 1 heterocycles. The summed E-state index contributed by atoms with van der Waals surface area (Å²) in [6.45, 7) is 0. The first-order valence-electron chi connectivity index (χ1n) is 2.79. The van der Waals surface area contributed by atoms with Crippen LogP contribution in [0.3, 0.4) is 0 Å². The van der Waals surface area contributed by atoms with Crippen LogP contribution in [0.5, 0.6) is 5.88 Å². The maximum Gasteiger partial charge on any atom is 0.207 e. The van der Waals surface area contributed by atoms with Crippen molar-refractivity contribution in [3.05, 3.63) is 12.3 Å². The van der Waals surface area contributed by atoms with E-state index in [0.717, 1.165) is 0 Å². The van der Waals surface area contributed by atoms with E-state index in [1.54, 1.807) is 12.3 Å². The van der Waals surface area contributed by atoms with Crippen LogP contribution < -0.4 is 15.9 Å². The van der Waals surface area contributed by atoms with Crippen molar-refractivity contribution in [3.8, 4) is 5.88 Å². The molecule has 1 aromatic rings. The van der Waals surface area contributed by atoms with Gasteiger partial charge in [-0.3, -0.25) is 0 Å². The van der Waals surface area contributed by atoms with Gasteiger partial charge < -0.3 is 10.5 Å². The van der Waals surface area contributed by atoms with Crippen molar-refractivity contribution in [1.82, 2.24) is 4.98 Å². The summed E-state index contributed by atoms with van der Waals surface area (Å²) >= 11 is 0. The van der Waals surface area contributed by atoms with Crippen molar-refractivity contribution in [2.75, 3.05) is 12.8 Å². The molecule has 4 heteroatoms. The number of rotatable bonds is 1. The maximum atomic E-state index is 5.48. The van der Waals surface area contributed by atoms with Gasteiger partial charge in [0.1, 0.15) is 7.85 Å². The lowest BCUT2D eigenvalue weighted by molar-refractivity contribution is 0.402. The molecule has 0 atom stereocenters. The first-order valence-corrected chi connectivity index (χ1v) is 2.79. The van der Waals surface area contributed by atoms with Gasteiger partial charge >= 0.3 is 0 Å². The minimum absolute atomic E-state index is 0.375. The van der Waals surface area contributed by atoms with Crippen LogP contribution in [0.2, 0.25) is 0 Å². The summed E-state index contributed by atoms with van der Waals surface area (Å²) in [6.07, 6.45) is 1.55. The highest BCUT2D eigenvalue weighted by molar-refractivity contribution is 6.37. The Morgan fingerprint density at radius 2 is 2.40 bits per heavy atom. The molecule has 1 aromatic heterocycles. The minimum atomic E-state index is 0.375. The minimum Gasteiger partial charge on any atom is -0.481 e. The molecule has 0 saturated carbocycles. The number of nitrogens with two attached hydrogens (primary N) is 1. The Hall–Kier alpha value is -1.19. The molecule has 0 aliphatic rings. The first kappa shape index (κ1) is 6.93. The summed E-state index contributed by atoms with van der Waals surface area (Å²) in [4.78, 5) is 3.83. The Morgan fingerprint density at radius 1 is 1.70 bits per heavy atom. The van der Waals surface area contributed by atoms with E-state index in [0.29, 0.717) is 17.0 Å². The molecule has 0 aliphatic heterocycles. The number of methoxy groups -OCH3 is 1. The molecular formula is C6H7BN2O. The second-order valence-electron chi connectivity index (χ2n) is 1.82. The van der Waals surface area contributed by atoms with Crippen LogP contribution in [0.15, 0.2) is 12.3 Å². The van der Waals surface area contributed by atoms with E-state index >= 15 is 0 Å². The summed E-state index contributed by atoms with van der Waals surface area (Å²) in [5.41, 5.74) is 6.34. The molecule has 0 saturated heterocycles. The van der Waals surface area contributed by atoms with Crippen LogP contribution in [0.25, 0.3) is 0 Å². The molecule has 0 aromatic carbocycles. The third kappa shape index (κ3) is 1.05. The molecule has 0 amide bonds. The van der Waals surface area contributed by atoms with E-state index in [1.807, 2.05) is 0 Å². The average molecular weight is 134 g/mol. The second-order valence-corrected chi connectivity index (χ2v) is 1.82. The largest absolute Gasteiger partial charge is 0.481 e. The highest BCUT2D eigenvalue weighted by atomic mass is 16.5. The molecule has 0 spiro atoms. The molecular weight excluding hydrogens is 127 g/mol. The zero-order chi connectivity index (χ0) is 7.56. The van der Waals surface area contributed by atoms with Crippen molar-refractivity contribution in [1.29, 1.82) is 0 Å². The second kappa shape index (κ2) is 2.60. The van der Waals surface area contributed by atoms with Gasteiger partial charge in [0.25, 0.3) is 0 Å². The predicted molar refractivity (Wildman–Crippen MR) is 40.6 cm³/mol. The summed E-state index contributed by atoms with van der Waals surface area (Å²) in [6, 6.07) is 1.62. The molecule has 2 radical (unpaired) electrons. The van der Waals surface area contributed by atoms with Crippen LogP contribution in [0.1, 0.15) is 0 Å². The zero-order valence-electron chi connectivity index (χ0n) is 5.66. The SMILES string of the molecule is [B]c1c(N)ccnc1OC. The van der Waals surface area contributed by atoms with E-state index < -0.39 is 0 Å². The van der Waals surface area contributed by atoms with Gasteiger partial charge in [0.15, 0.2) is 0 Å². The first-order chi connectivity index (χ1) is 4.75. The fraction of sp³-hybridized carbons (Fsp3) is 0.167. The van der Waals surface area contributed by atoms with Crippen molar-refractivity contribution in [2.24, 2.45) is 0 Å². The summed E-state index contributed by atoms with van der Waals surface area (Å²) in [5, 5.41) is 0. The Balaban J connectivity index is 3.14. The molecule has 0 aliphatic carbocycles. The standard InChI is InChI=1S/C6H7BN2O/c1-10-6-5(7)4(8)2-3-9-6/h2-3H,1H3,(H2,8,9). The molecule has 0 bridgehead atoms. The molecule has 0 unspecified atom stereocenters. The Kier molecular flexibility index (Phi) is 1.80. The lowest BCUT2D eigenvalue weighted by Gasteiger charge is -2.04. The molecule has 50 valence electrons. The van der Waals surface area contributed by atoms with Crippen LogP contribution in [0, 0.1) is 0 Å². The summed E-state index contributed by atoms with van der Waals surface area (Å²) in [5.74, 6) is 0.375. The van der Waals surface area contributed by atoms with Gasteiger partial charge in [0, 0.05) is 11.9 Å². The monoisotopic (exact) mass is 134 g/mol. The van der Waals surface area contributed by atoms with Gasteiger partial charge in [-0.05, 0) is 11.5 Å². The number of ether oxygens (including phenoxy) is 1. The smallest absolute Gasteiger partial charge is 0.207 e. The summed E-state index contributed by atoms with van der Waals surface area (Å²) < 4.78 is 4.81. The van der Waals surface area contributed by atoms with Gasteiger partial charge in [0.2, 0.25) is 5.88 Å². The number of hydrogen-bond acceptors (Lipinski definition) is 3. The summed E-state index contributed by atoms with van der Waals surface area (Å²) in [7, 11) is 6.98. The Morgan fingerprint density at radius 3 is 2.90 bits per heavy atom. The quantitative estimate of drug-likeness (QED) is 0.525. The number of nitrogens with zero attached hydrogens (tertiary/aromatic N) is 1. The number of pyridine rings is 1. The van der Waals surface area contributed by atoms with E-state index in [1.165, 1.54) is 7.11 Å². The molecule has 2 N–H and O–H groups in total. The van der Waals surface area contributed by atoms with Crippen LogP contribution in [0.4, 0.5) is 5.69 Å². The molecule has 10 heavy (non-hydrogen) atoms. The number of anilines is 1. The highest BCUT2D eigenvalue weighted by Gasteiger charge is 1.99.